The van der Waals surface area contributed by atoms with Crippen LogP contribution >= 0.6 is 0 Å². The van der Waals surface area contributed by atoms with E-state index < -0.39 is 11.6 Å². The molecule has 96 valence electrons. The van der Waals surface area contributed by atoms with Crippen LogP contribution in [0.2, 0.25) is 0 Å². The molecule has 0 bridgehead atoms. The lowest BCUT2D eigenvalue weighted by Gasteiger charge is -2.05. The molecule has 2 heterocycles. The predicted molar refractivity (Wildman–Crippen MR) is 65.7 cm³/mol. The number of hydrogen-bond donors (Lipinski definition) is 1. The van der Waals surface area contributed by atoms with Gasteiger partial charge in [-0.1, -0.05) is 0 Å². The molecule has 0 spiro atoms. The topological polar surface area (TPSA) is 69.6 Å². The molecule has 0 amide bonds. The monoisotopic (exact) mass is 261 g/mol. The highest BCUT2D eigenvalue weighted by atomic mass is 19.1. The van der Waals surface area contributed by atoms with Gasteiger partial charge in [0.05, 0.1) is 17.2 Å². The third-order valence-electron chi connectivity index (χ3n) is 2.74. The van der Waals surface area contributed by atoms with Gasteiger partial charge in [0.1, 0.15) is 11.6 Å². The standard InChI is InChI=1S/C12H9F2N5/c1-6-17-9-3-2-7(13)4-10(9)19(6)12-16-5-8(14)11(15)18-12/h2-5H,1H3,(H2,15,16,18). The summed E-state index contributed by atoms with van der Waals surface area (Å²) in [7, 11) is 0. The summed E-state index contributed by atoms with van der Waals surface area (Å²) in [6.07, 6.45) is 0.974. The highest BCUT2D eigenvalue weighted by Crippen LogP contribution is 2.20. The van der Waals surface area contributed by atoms with Crippen LogP contribution in [0.15, 0.2) is 24.4 Å². The zero-order valence-electron chi connectivity index (χ0n) is 9.93. The summed E-state index contributed by atoms with van der Waals surface area (Å²) in [4.78, 5) is 12.0. The lowest BCUT2D eigenvalue weighted by molar-refractivity contribution is 0.616. The minimum absolute atomic E-state index is 0.157. The third kappa shape index (κ3) is 1.79. The van der Waals surface area contributed by atoms with Crippen LogP contribution in [0.3, 0.4) is 0 Å². The molecule has 0 saturated heterocycles. The van der Waals surface area contributed by atoms with Crippen LogP contribution in [-0.4, -0.2) is 19.5 Å². The van der Waals surface area contributed by atoms with Crippen molar-refractivity contribution in [1.29, 1.82) is 0 Å². The van der Waals surface area contributed by atoms with Crippen LogP contribution in [0.1, 0.15) is 5.82 Å². The van der Waals surface area contributed by atoms with Crippen molar-refractivity contribution in [2.45, 2.75) is 6.92 Å². The van der Waals surface area contributed by atoms with Crippen LogP contribution in [0.5, 0.6) is 0 Å². The van der Waals surface area contributed by atoms with Crippen molar-refractivity contribution >= 4 is 16.9 Å². The van der Waals surface area contributed by atoms with Gasteiger partial charge in [-0.25, -0.2) is 18.7 Å². The Morgan fingerprint density at radius 1 is 1.21 bits per heavy atom. The van der Waals surface area contributed by atoms with Gasteiger partial charge in [0.15, 0.2) is 11.6 Å². The SMILES string of the molecule is Cc1nc2ccc(F)cc2n1-c1ncc(F)c(N)n1. The van der Waals surface area contributed by atoms with E-state index in [2.05, 4.69) is 15.0 Å². The van der Waals surface area contributed by atoms with Gasteiger partial charge in [-0.05, 0) is 19.1 Å². The fourth-order valence-corrected chi connectivity index (χ4v) is 1.90. The van der Waals surface area contributed by atoms with E-state index in [0.29, 0.717) is 16.9 Å². The molecule has 0 aliphatic rings. The normalized spacial score (nSPS) is 11.1. The lowest BCUT2D eigenvalue weighted by atomic mass is 10.3. The average molecular weight is 261 g/mol. The fraction of sp³-hybridized carbons (Fsp3) is 0.0833. The van der Waals surface area contributed by atoms with Crippen molar-refractivity contribution in [3.8, 4) is 5.95 Å². The summed E-state index contributed by atoms with van der Waals surface area (Å²) in [6.45, 7) is 1.72. The first-order chi connectivity index (χ1) is 9.06. The van der Waals surface area contributed by atoms with Crippen LogP contribution in [0.25, 0.3) is 17.0 Å². The first kappa shape index (κ1) is 11.5. The van der Waals surface area contributed by atoms with E-state index in [4.69, 9.17) is 5.73 Å². The van der Waals surface area contributed by atoms with Crippen LogP contribution in [0, 0.1) is 18.6 Å². The van der Waals surface area contributed by atoms with Crippen molar-refractivity contribution in [3.63, 3.8) is 0 Å². The van der Waals surface area contributed by atoms with Crippen molar-refractivity contribution in [1.82, 2.24) is 19.5 Å². The first-order valence-electron chi connectivity index (χ1n) is 5.49. The summed E-state index contributed by atoms with van der Waals surface area (Å²) in [6, 6.07) is 4.19. The van der Waals surface area contributed by atoms with E-state index in [1.54, 1.807) is 13.0 Å². The molecule has 0 fully saturated rings. The maximum atomic E-state index is 13.3. The molecule has 0 unspecified atom stereocenters. The van der Waals surface area contributed by atoms with Gasteiger partial charge < -0.3 is 5.73 Å². The number of aryl methyl sites for hydroxylation is 1. The summed E-state index contributed by atoms with van der Waals surface area (Å²) in [5.41, 5.74) is 6.52. The number of nitrogen functional groups attached to an aromatic ring is 1. The molecule has 0 saturated carbocycles. The molecule has 0 atom stereocenters. The van der Waals surface area contributed by atoms with Gasteiger partial charge in [-0.2, -0.15) is 4.98 Å². The quantitative estimate of drug-likeness (QED) is 0.727. The second kappa shape index (κ2) is 3.98. The Labute approximate surface area is 106 Å². The Kier molecular flexibility index (Phi) is 2.41. The fourth-order valence-electron chi connectivity index (χ4n) is 1.90. The van der Waals surface area contributed by atoms with Crippen molar-refractivity contribution < 1.29 is 8.78 Å². The molecular formula is C12H9F2N5. The molecule has 5 nitrogen and oxygen atoms in total. The van der Waals surface area contributed by atoms with E-state index in [0.717, 1.165) is 6.20 Å². The van der Waals surface area contributed by atoms with Gasteiger partial charge >= 0.3 is 0 Å². The molecule has 0 radical (unpaired) electrons. The van der Waals surface area contributed by atoms with Crippen LogP contribution in [-0.2, 0) is 0 Å². The van der Waals surface area contributed by atoms with Gasteiger partial charge in [0, 0.05) is 6.07 Å². The van der Waals surface area contributed by atoms with E-state index in [-0.39, 0.29) is 11.8 Å². The Hall–Kier alpha value is -2.57. The van der Waals surface area contributed by atoms with Crippen molar-refractivity contribution in [2.75, 3.05) is 5.73 Å². The Morgan fingerprint density at radius 3 is 2.74 bits per heavy atom. The molecule has 2 N–H and O–H groups in total. The van der Waals surface area contributed by atoms with E-state index in [9.17, 15) is 8.78 Å². The Balaban J connectivity index is 2.31. The molecule has 0 aliphatic heterocycles. The maximum absolute atomic E-state index is 13.3. The minimum Gasteiger partial charge on any atom is -0.381 e. The van der Waals surface area contributed by atoms with E-state index >= 15 is 0 Å². The lowest BCUT2D eigenvalue weighted by Crippen LogP contribution is -2.06. The number of fused-ring (bicyclic) bond motifs is 1. The second-order valence-electron chi connectivity index (χ2n) is 4.03. The van der Waals surface area contributed by atoms with Crippen molar-refractivity contribution in [2.24, 2.45) is 0 Å². The summed E-state index contributed by atoms with van der Waals surface area (Å²) >= 11 is 0. The first-order valence-corrected chi connectivity index (χ1v) is 5.49. The van der Waals surface area contributed by atoms with E-state index in [1.165, 1.54) is 16.7 Å². The molecule has 1 aromatic carbocycles. The summed E-state index contributed by atoms with van der Waals surface area (Å²) in [5.74, 6) is -0.639. The Bertz CT molecular complexity index is 781. The van der Waals surface area contributed by atoms with Gasteiger partial charge in [0.25, 0.3) is 0 Å². The van der Waals surface area contributed by atoms with Crippen molar-refractivity contribution in [3.05, 3.63) is 41.9 Å². The number of benzene rings is 1. The number of nitrogens with zero attached hydrogens (tertiary/aromatic N) is 4. The summed E-state index contributed by atoms with van der Waals surface area (Å²) in [5, 5.41) is 0. The number of halogens is 2. The van der Waals surface area contributed by atoms with Gasteiger partial charge in [-0.15, -0.1) is 0 Å². The molecule has 19 heavy (non-hydrogen) atoms. The zero-order valence-corrected chi connectivity index (χ0v) is 9.93. The smallest absolute Gasteiger partial charge is 0.237 e. The molecule has 0 aliphatic carbocycles. The molecular weight excluding hydrogens is 252 g/mol. The van der Waals surface area contributed by atoms with Gasteiger partial charge in [-0.3, -0.25) is 4.57 Å². The Morgan fingerprint density at radius 2 is 2.00 bits per heavy atom. The zero-order chi connectivity index (χ0) is 13.6. The van der Waals surface area contributed by atoms with Crippen LogP contribution < -0.4 is 5.73 Å². The highest BCUT2D eigenvalue weighted by molar-refractivity contribution is 5.77. The molecule has 2 aromatic heterocycles. The highest BCUT2D eigenvalue weighted by Gasteiger charge is 2.13. The predicted octanol–water partition coefficient (Wildman–Crippen LogP) is 1.98. The number of rotatable bonds is 1. The minimum atomic E-state index is -0.697. The number of aromatic nitrogens is 4. The molecule has 3 rings (SSSR count). The number of anilines is 1. The molecule has 7 heteroatoms. The molecule has 3 aromatic rings. The van der Waals surface area contributed by atoms with Gasteiger partial charge in [0.2, 0.25) is 5.95 Å². The maximum Gasteiger partial charge on any atom is 0.237 e. The van der Waals surface area contributed by atoms with E-state index in [1.807, 2.05) is 0 Å². The average Bonchev–Trinajstić information content (AvgIpc) is 2.68. The number of nitrogens with two attached hydrogens (primary N) is 1. The largest absolute Gasteiger partial charge is 0.381 e. The number of imidazole rings is 1. The number of hydrogen-bond acceptors (Lipinski definition) is 4. The van der Waals surface area contributed by atoms with Crippen LogP contribution in [0.4, 0.5) is 14.6 Å². The third-order valence-corrected chi connectivity index (χ3v) is 2.74. The summed E-state index contributed by atoms with van der Waals surface area (Å²) < 4.78 is 27.9. The second-order valence-corrected chi connectivity index (χ2v) is 4.03.